The van der Waals surface area contributed by atoms with E-state index in [4.69, 9.17) is 0 Å². The Morgan fingerprint density at radius 2 is 2.18 bits per heavy atom. The minimum absolute atomic E-state index is 0.00694. The van der Waals surface area contributed by atoms with Crippen LogP contribution in [0.1, 0.15) is 12.5 Å². The minimum Gasteiger partial charge on any atom is -0.506 e. The number of phenols is 1. The zero-order valence-corrected chi connectivity index (χ0v) is 7.65. The molecule has 0 amide bonds. The van der Waals surface area contributed by atoms with Crippen LogP contribution in [0.15, 0.2) is 16.6 Å². The molecule has 0 aliphatic heterocycles. The third-order valence-electron chi connectivity index (χ3n) is 1.53. The molecule has 0 fully saturated rings. The highest BCUT2D eigenvalue weighted by Gasteiger charge is 2.07. The maximum atomic E-state index is 12.7. The summed E-state index contributed by atoms with van der Waals surface area (Å²) in [6.07, 6.45) is 0.699. The standard InChI is InChI=1S/C8H8BrFO/c1-2-5-3-4-6(10)7(9)8(5)11/h3-4,11H,2H2,1H3. The summed E-state index contributed by atoms with van der Waals surface area (Å²) in [6.45, 7) is 1.90. The van der Waals surface area contributed by atoms with E-state index in [0.717, 1.165) is 5.56 Å². The summed E-state index contributed by atoms with van der Waals surface area (Å²) in [4.78, 5) is 0. The highest BCUT2D eigenvalue weighted by atomic mass is 79.9. The highest BCUT2D eigenvalue weighted by Crippen LogP contribution is 2.30. The molecule has 0 aromatic heterocycles. The third-order valence-corrected chi connectivity index (χ3v) is 2.29. The van der Waals surface area contributed by atoms with Crippen LogP contribution in [0.25, 0.3) is 0 Å². The Labute approximate surface area is 73.0 Å². The lowest BCUT2D eigenvalue weighted by Crippen LogP contribution is -1.85. The number of hydrogen-bond acceptors (Lipinski definition) is 1. The van der Waals surface area contributed by atoms with Crippen LogP contribution in [-0.2, 0) is 6.42 Å². The fourth-order valence-corrected chi connectivity index (χ4v) is 1.25. The molecule has 1 aromatic carbocycles. The Balaban J connectivity index is 3.25. The van der Waals surface area contributed by atoms with Crippen molar-refractivity contribution in [3.8, 4) is 5.75 Å². The van der Waals surface area contributed by atoms with Gasteiger partial charge >= 0.3 is 0 Å². The third kappa shape index (κ3) is 1.53. The van der Waals surface area contributed by atoms with Crippen molar-refractivity contribution in [1.29, 1.82) is 0 Å². The van der Waals surface area contributed by atoms with E-state index in [2.05, 4.69) is 15.9 Å². The van der Waals surface area contributed by atoms with Gasteiger partial charge in [0, 0.05) is 0 Å². The van der Waals surface area contributed by atoms with Gasteiger partial charge in [0.05, 0.1) is 4.47 Å². The summed E-state index contributed by atoms with van der Waals surface area (Å²) in [7, 11) is 0. The van der Waals surface area contributed by atoms with Crippen molar-refractivity contribution in [3.63, 3.8) is 0 Å². The van der Waals surface area contributed by atoms with Gasteiger partial charge in [-0.2, -0.15) is 0 Å². The van der Waals surface area contributed by atoms with Gasteiger partial charge in [0.1, 0.15) is 11.6 Å². The van der Waals surface area contributed by atoms with E-state index in [1.807, 2.05) is 6.92 Å². The molecule has 0 unspecified atom stereocenters. The molecule has 0 heterocycles. The summed E-state index contributed by atoms with van der Waals surface area (Å²) < 4.78 is 12.8. The molecule has 1 N–H and O–H groups in total. The molecule has 1 rings (SSSR count). The topological polar surface area (TPSA) is 20.2 Å². The van der Waals surface area contributed by atoms with Crippen LogP contribution in [0.3, 0.4) is 0 Å². The van der Waals surface area contributed by atoms with Crippen LogP contribution in [0.2, 0.25) is 0 Å². The summed E-state index contributed by atoms with van der Waals surface area (Å²) in [5.74, 6) is -0.424. The molecule has 0 saturated heterocycles. The van der Waals surface area contributed by atoms with Gasteiger partial charge in [0.15, 0.2) is 0 Å². The lowest BCUT2D eigenvalue weighted by Gasteiger charge is -2.03. The molecule has 60 valence electrons. The Hall–Kier alpha value is -0.570. The summed E-state index contributed by atoms with van der Waals surface area (Å²) >= 11 is 2.95. The first-order chi connectivity index (χ1) is 5.16. The minimum atomic E-state index is -0.431. The van der Waals surface area contributed by atoms with Crippen molar-refractivity contribution >= 4 is 15.9 Å². The number of halogens is 2. The molecular weight excluding hydrogens is 211 g/mol. The second-order valence-electron chi connectivity index (χ2n) is 2.22. The van der Waals surface area contributed by atoms with Crippen LogP contribution >= 0.6 is 15.9 Å². The second-order valence-corrected chi connectivity index (χ2v) is 3.02. The van der Waals surface area contributed by atoms with E-state index in [1.54, 1.807) is 6.07 Å². The van der Waals surface area contributed by atoms with Gasteiger partial charge in [-0.15, -0.1) is 0 Å². The van der Waals surface area contributed by atoms with Crippen molar-refractivity contribution < 1.29 is 9.50 Å². The first-order valence-corrected chi connectivity index (χ1v) is 4.12. The SMILES string of the molecule is CCc1ccc(F)c(Br)c1O. The molecule has 11 heavy (non-hydrogen) atoms. The molecule has 0 atom stereocenters. The van der Waals surface area contributed by atoms with Gasteiger partial charge < -0.3 is 5.11 Å². The normalized spacial score (nSPS) is 10.1. The van der Waals surface area contributed by atoms with Crippen molar-refractivity contribution in [2.24, 2.45) is 0 Å². The van der Waals surface area contributed by atoms with Crippen LogP contribution in [0.5, 0.6) is 5.75 Å². The molecular formula is C8H8BrFO. The molecule has 0 aliphatic rings. The number of rotatable bonds is 1. The maximum absolute atomic E-state index is 12.7. The quantitative estimate of drug-likeness (QED) is 0.769. The fraction of sp³-hybridized carbons (Fsp3) is 0.250. The molecule has 0 radical (unpaired) electrons. The van der Waals surface area contributed by atoms with Gasteiger partial charge in [-0.25, -0.2) is 4.39 Å². The van der Waals surface area contributed by atoms with Crippen molar-refractivity contribution in [1.82, 2.24) is 0 Å². The summed E-state index contributed by atoms with van der Waals surface area (Å²) in [5, 5.41) is 9.29. The monoisotopic (exact) mass is 218 g/mol. The number of benzene rings is 1. The van der Waals surface area contributed by atoms with E-state index >= 15 is 0 Å². The van der Waals surface area contributed by atoms with Crippen molar-refractivity contribution in [3.05, 3.63) is 28.0 Å². The lowest BCUT2D eigenvalue weighted by atomic mass is 10.1. The van der Waals surface area contributed by atoms with Crippen molar-refractivity contribution in [2.45, 2.75) is 13.3 Å². The summed E-state index contributed by atoms with van der Waals surface area (Å²) in [6, 6.07) is 2.91. The fourth-order valence-electron chi connectivity index (χ4n) is 0.865. The average Bonchev–Trinajstić information content (AvgIpc) is 2.01. The highest BCUT2D eigenvalue weighted by molar-refractivity contribution is 9.10. The van der Waals surface area contributed by atoms with Crippen LogP contribution in [-0.4, -0.2) is 5.11 Å². The lowest BCUT2D eigenvalue weighted by molar-refractivity contribution is 0.457. The van der Waals surface area contributed by atoms with Gasteiger partial charge in [-0.05, 0) is 34.0 Å². The first-order valence-electron chi connectivity index (χ1n) is 3.32. The predicted molar refractivity (Wildman–Crippen MR) is 45.1 cm³/mol. The maximum Gasteiger partial charge on any atom is 0.141 e. The first kappa shape index (κ1) is 8.53. The Morgan fingerprint density at radius 3 is 2.73 bits per heavy atom. The zero-order chi connectivity index (χ0) is 8.43. The second kappa shape index (κ2) is 3.22. The van der Waals surface area contributed by atoms with E-state index in [-0.39, 0.29) is 10.2 Å². The zero-order valence-electron chi connectivity index (χ0n) is 6.06. The molecule has 3 heteroatoms. The number of hydrogen-bond donors (Lipinski definition) is 1. The van der Waals surface area contributed by atoms with E-state index < -0.39 is 5.82 Å². The molecule has 0 spiro atoms. The molecule has 1 aromatic rings. The Kier molecular flexibility index (Phi) is 2.49. The summed E-state index contributed by atoms with van der Waals surface area (Å²) in [5.41, 5.74) is 0.748. The molecule has 0 bridgehead atoms. The van der Waals surface area contributed by atoms with E-state index in [1.165, 1.54) is 6.07 Å². The van der Waals surface area contributed by atoms with Gasteiger partial charge in [-0.3, -0.25) is 0 Å². The number of aryl methyl sites for hydroxylation is 1. The smallest absolute Gasteiger partial charge is 0.141 e. The van der Waals surface area contributed by atoms with Gasteiger partial charge in [-0.1, -0.05) is 13.0 Å². The largest absolute Gasteiger partial charge is 0.506 e. The van der Waals surface area contributed by atoms with E-state index in [9.17, 15) is 9.50 Å². The molecule has 0 saturated carbocycles. The number of phenolic OH excluding ortho intramolecular Hbond substituents is 1. The van der Waals surface area contributed by atoms with Gasteiger partial charge in [0.25, 0.3) is 0 Å². The Morgan fingerprint density at radius 1 is 1.55 bits per heavy atom. The number of aromatic hydroxyl groups is 1. The van der Waals surface area contributed by atoms with Crippen LogP contribution < -0.4 is 0 Å². The van der Waals surface area contributed by atoms with Crippen LogP contribution in [0.4, 0.5) is 4.39 Å². The van der Waals surface area contributed by atoms with E-state index in [0.29, 0.717) is 6.42 Å². The average molecular weight is 219 g/mol. The predicted octanol–water partition coefficient (Wildman–Crippen LogP) is 2.86. The van der Waals surface area contributed by atoms with Crippen molar-refractivity contribution in [2.75, 3.05) is 0 Å². The molecule has 1 nitrogen and oxygen atoms in total. The Bertz CT molecular complexity index is 273. The van der Waals surface area contributed by atoms with Gasteiger partial charge in [0.2, 0.25) is 0 Å². The molecule has 0 aliphatic carbocycles. The van der Waals surface area contributed by atoms with Crippen LogP contribution in [0, 0.1) is 5.82 Å².